The molecule has 0 N–H and O–H groups in total. The maximum absolute atomic E-state index is 5.43. The zero-order valence-electron chi connectivity index (χ0n) is 9.79. The zero-order chi connectivity index (χ0) is 12.4. The molecule has 1 aliphatic heterocycles. The molecule has 3 heterocycles. The third-order valence-corrected chi connectivity index (χ3v) is 4.69. The molecule has 0 bridgehead atoms. The number of allylic oxidation sites excluding steroid dienone is 2. The fraction of sp³-hybridized carbons (Fsp3) is 0.0714. The van der Waals surface area contributed by atoms with Gasteiger partial charge in [-0.2, -0.15) is 0 Å². The van der Waals surface area contributed by atoms with Crippen molar-refractivity contribution in [2.24, 2.45) is 4.99 Å². The lowest BCUT2D eigenvalue weighted by Crippen LogP contribution is -1.80. The minimum atomic E-state index is 0.909. The Morgan fingerprint density at radius 2 is 2.28 bits per heavy atom. The molecule has 2 aromatic heterocycles. The van der Waals surface area contributed by atoms with Crippen molar-refractivity contribution in [3.05, 3.63) is 46.3 Å². The Kier molecular flexibility index (Phi) is 3.13. The molecule has 0 saturated heterocycles. The molecule has 0 atom stereocenters. The normalized spacial score (nSPS) is 15.7. The Bertz CT molecular complexity index is 619. The molecule has 0 radical (unpaired) electrons. The van der Waals surface area contributed by atoms with Crippen molar-refractivity contribution in [1.82, 2.24) is 0 Å². The maximum atomic E-state index is 5.43. The number of nitrogens with zero attached hydrogens (tertiary/aromatic N) is 1. The van der Waals surface area contributed by atoms with Gasteiger partial charge in [0.15, 0.2) is 0 Å². The monoisotopic (exact) mass is 273 g/mol. The molecule has 0 aliphatic carbocycles. The molecule has 2 aromatic rings. The second-order valence-corrected chi connectivity index (χ2v) is 5.76. The van der Waals surface area contributed by atoms with Crippen molar-refractivity contribution in [2.75, 3.05) is 7.11 Å². The summed E-state index contributed by atoms with van der Waals surface area (Å²) in [4.78, 5) is 7.88. The van der Waals surface area contributed by atoms with Crippen molar-refractivity contribution >= 4 is 35.0 Å². The number of ether oxygens (including phenoxy) is 1. The third kappa shape index (κ3) is 2.17. The van der Waals surface area contributed by atoms with Crippen molar-refractivity contribution in [2.45, 2.75) is 0 Å². The molecule has 2 nitrogen and oxygen atoms in total. The van der Waals surface area contributed by atoms with Gasteiger partial charge >= 0.3 is 0 Å². The Balaban J connectivity index is 2.01. The molecular weight excluding hydrogens is 262 g/mol. The van der Waals surface area contributed by atoms with Crippen LogP contribution in [0.3, 0.4) is 0 Å². The van der Waals surface area contributed by atoms with E-state index in [1.165, 1.54) is 9.75 Å². The van der Waals surface area contributed by atoms with E-state index < -0.39 is 0 Å². The molecule has 0 fully saturated rings. The molecule has 0 unspecified atom stereocenters. The highest BCUT2D eigenvalue weighted by Gasteiger charge is 2.10. The zero-order valence-corrected chi connectivity index (χ0v) is 11.4. The fourth-order valence-corrected chi connectivity index (χ4v) is 3.62. The van der Waals surface area contributed by atoms with Crippen LogP contribution in [0.4, 0.5) is 0 Å². The van der Waals surface area contributed by atoms with E-state index in [9.17, 15) is 0 Å². The molecular formula is C14H11NOS2. The summed E-state index contributed by atoms with van der Waals surface area (Å²) in [7, 11) is 1.70. The van der Waals surface area contributed by atoms with Gasteiger partial charge in [-0.3, -0.25) is 4.99 Å². The van der Waals surface area contributed by atoms with Gasteiger partial charge in [-0.1, -0.05) is 6.07 Å². The number of aliphatic imine (C=N–C) groups is 1. The van der Waals surface area contributed by atoms with E-state index in [4.69, 9.17) is 4.74 Å². The number of thiophene rings is 2. The van der Waals surface area contributed by atoms with Gasteiger partial charge in [0.1, 0.15) is 5.75 Å². The topological polar surface area (TPSA) is 21.6 Å². The first kappa shape index (κ1) is 11.4. The Morgan fingerprint density at radius 3 is 2.94 bits per heavy atom. The predicted octanol–water partition coefficient (Wildman–Crippen LogP) is 4.47. The van der Waals surface area contributed by atoms with E-state index in [-0.39, 0.29) is 0 Å². The van der Waals surface area contributed by atoms with E-state index in [0.29, 0.717) is 0 Å². The molecule has 4 heteroatoms. The van der Waals surface area contributed by atoms with E-state index in [0.717, 1.165) is 16.3 Å². The highest BCUT2D eigenvalue weighted by molar-refractivity contribution is 7.22. The van der Waals surface area contributed by atoms with Crippen LogP contribution in [-0.2, 0) is 0 Å². The average molecular weight is 273 g/mol. The lowest BCUT2D eigenvalue weighted by Gasteiger charge is -1.96. The van der Waals surface area contributed by atoms with Gasteiger partial charge in [-0.25, -0.2) is 0 Å². The van der Waals surface area contributed by atoms with Gasteiger partial charge in [0, 0.05) is 22.0 Å². The second-order valence-electron chi connectivity index (χ2n) is 3.73. The van der Waals surface area contributed by atoms with Crippen LogP contribution in [0.25, 0.3) is 15.8 Å². The smallest absolute Gasteiger partial charge is 0.137 e. The van der Waals surface area contributed by atoms with Gasteiger partial charge in [-0.15, -0.1) is 22.7 Å². The standard InChI is InChI=1S/C14H11NOS2/c1-16-11-9-14(12-5-3-7-17-12)18-13(11)8-10-4-2-6-15-10/h2-9H,1H3. The first-order valence-electron chi connectivity index (χ1n) is 5.51. The summed E-state index contributed by atoms with van der Waals surface area (Å²) in [6.45, 7) is 0. The molecule has 0 spiro atoms. The van der Waals surface area contributed by atoms with Gasteiger partial charge in [0.25, 0.3) is 0 Å². The van der Waals surface area contributed by atoms with E-state index >= 15 is 0 Å². The summed E-state index contributed by atoms with van der Waals surface area (Å²) in [5.41, 5.74) is 0.966. The molecule has 90 valence electrons. The van der Waals surface area contributed by atoms with E-state index in [1.54, 1.807) is 36.0 Å². The van der Waals surface area contributed by atoms with Crippen molar-refractivity contribution in [1.29, 1.82) is 0 Å². The summed E-state index contributed by atoms with van der Waals surface area (Å²) in [5, 5.41) is 2.09. The largest absolute Gasteiger partial charge is 0.495 e. The number of methoxy groups -OCH3 is 1. The number of hydrogen-bond acceptors (Lipinski definition) is 4. The van der Waals surface area contributed by atoms with Crippen LogP contribution in [0.15, 0.2) is 46.4 Å². The van der Waals surface area contributed by atoms with Gasteiger partial charge < -0.3 is 4.74 Å². The molecule has 3 rings (SSSR count). The summed E-state index contributed by atoms with van der Waals surface area (Å²) >= 11 is 3.47. The second kappa shape index (κ2) is 4.92. The molecule has 0 saturated carbocycles. The summed E-state index contributed by atoms with van der Waals surface area (Å²) in [6.07, 6.45) is 7.78. The lowest BCUT2D eigenvalue weighted by atomic mass is 10.3. The first-order valence-corrected chi connectivity index (χ1v) is 7.20. The summed E-state index contributed by atoms with van der Waals surface area (Å²) in [5.74, 6) is 0.909. The number of rotatable bonds is 3. The van der Waals surface area contributed by atoms with E-state index in [2.05, 4.69) is 34.6 Å². The Labute approximate surface area is 114 Å². The molecule has 18 heavy (non-hydrogen) atoms. The highest BCUT2D eigenvalue weighted by Crippen LogP contribution is 2.39. The van der Waals surface area contributed by atoms with Gasteiger partial charge in [-0.05, 0) is 29.7 Å². The molecule has 0 amide bonds. The van der Waals surface area contributed by atoms with Gasteiger partial charge in [0.05, 0.1) is 17.7 Å². The van der Waals surface area contributed by atoms with Crippen molar-refractivity contribution in [3.63, 3.8) is 0 Å². The van der Waals surface area contributed by atoms with Crippen LogP contribution in [0.2, 0.25) is 0 Å². The van der Waals surface area contributed by atoms with Gasteiger partial charge in [0.2, 0.25) is 0 Å². The lowest BCUT2D eigenvalue weighted by molar-refractivity contribution is 0.416. The third-order valence-electron chi connectivity index (χ3n) is 2.56. The van der Waals surface area contributed by atoms with Crippen LogP contribution in [0.1, 0.15) is 4.88 Å². The molecule has 0 aromatic carbocycles. The average Bonchev–Trinajstić information content (AvgIpc) is 3.10. The minimum Gasteiger partial charge on any atom is -0.495 e. The van der Waals surface area contributed by atoms with Crippen LogP contribution >= 0.6 is 22.7 Å². The van der Waals surface area contributed by atoms with Crippen molar-refractivity contribution < 1.29 is 4.74 Å². The van der Waals surface area contributed by atoms with Crippen LogP contribution < -0.4 is 4.74 Å². The molecule has 1 aliphatic rings. The predicted molar refractivity (Wildman–Crippen MR) is 79.8 cm³/mol. The van der Waals surface area contributed by atoms with Crippen molar-refractivity contribution in [3.8, 4) is 15.5 Å². The number of hydrogen-bond donors (Lipinski definition) is 0. The minimum absolute atomic E-state index is 0.909. The quantitative estimate of drug-likeness (QED) is 0.808. The highest BCUT2D eigenvalue weighted by atomic mass is 32.1. The summed E-state index contributed by atoms with van der Waals surface area (Å²) in [6, 6.07) is 6.28. The SMILES string of the molecule is COc1cc(-c2cccs2)sc1C=C1C=CC=N1. The van der Waals surface area contributed by atoms with Crippen LogP contribution in [0.5, 0.6) is 5.75 Å². The first-order chi connectivity index (χ1) is 8.86. The Hall–Kier alpha value is -1.65. The van der Waals surface area contributed by atoms with E-state index in [1.807, 2.05) is 12.2 Å². The van der Waals surface area contributed by atoms with Crippen LogP contribution in [-0.4, -0.2) is 13.3 Å². The van der Waals surface area contributed by atoms with Crippen LogP contribution in [0, 0.1) is 0 Å². The fourth-order valence-electron chi connectivity index (χ4n) is 1.72. The summed E-state index contributed by atoms with van der Waals surface area (Å²) < 4.78 is 5.43. The maximum Gasteiger partial charge on any atom is 0.137 e. The Morgan fingerprint density at radius 1 is 1.33 bits per heavy atom.